The fraction of sp³-hybridized carbons (Fsp3) is 0.562. The van der Waals surface area contributed by atoms with E-state index in [1.165, 1.54) is 6.07 Å². The highest BCUT2D eigenvalue weighted by atomic mass is 19.1. The van der Waals surface area contributed by atoms with Crippen LogP contribution in [0.1, 0.15) is 50.6 Å². The van der Waals surface area contributed by atoms with Crippen LogP contribution in [0.4, 0.5) is 4.39 Å². The van der Waals surface area contributed by atoms with Gasteiger partial charge in [0.1, 0.15) is 5.82 Å². The second kappa shape index (κ2) is 6.84. The normalized spacial score (nSPS) is 24.8. The first-order chi connectivity index (χ1) is 9.59. The maximum Gasteiger partial charge on any atom is 0.225 e. The molecule has 1 aliphatic carbocycles. The lowest BCUT2D eigenvalue weighted by molar-refractivity contribution is -0.126. The van der Waals surface area contributed by atoms with Gasteiger partial charge in [0.05, 0.1) is 12.0 Å². The standard InChI is InChI=1S/C16H23FN2O/c1-11(12-7-5-6-9-14(12)17)19-16(20)13-8-3-2-4-10-15(13)18/h5-7,9,11,13,15H,2-4,8,10,18H2,1H3,(H,19,20). The summed E-state index contributed by atoms with van der Waals surface area (Å²) in [7, 11) is 0. The first-order valence-corrected chi connectivity index (χ1v) is 7.40. The molecule has 0 radical (unpaired) electrons. The highest BCUT2D eigenvalue weighted by Gasteiger charge is 2.28. The molecule has 1 aliphatic rings. The zero-order chi connectivity index (χ0) is 14.5. The van der Waals surface area contributed by atoms with E-state index < -0.39 is 0 Å². The van der Waals surface area contributed by atoms with E-state index in [0.29, 0.717) is 5.56 Å². The van der Waals surface area contributed by atoms with Crippen molar-refractivity contribution in [2.45, 2.75) is 51.1 Å². The summed E-state index contributed by atoms with van der Waals surface area (Å²) in [6.45, 7) is 1.80. The van der Waals surface area contributed by atoms with Gasteiger partial charge in [0.15, 0.2) is 0 Å². The van der Waals surface area contributed by atoms with Gasteiger partial charge < -0.3 is 11.1 Å². The lowest BCUT2D eigenvalue weighted by atomic mass is 9.94. The van der Waals surface area contributed by atoms with Gasteiger partial charge in [-0.1, -0.05) is 37.5 Å². The number of rotatable bonds is 3. The molecule has 4 heteroatoms. The molecule has 20 heavy (non-hydrogen) atoms. The Balaban J connectivity index is 2.01. The molecule has 3 nitrogen and oxygen atoms in total. The summed E-state index contributed by atoms with van der Waals surface area (Å²) in [5.74, 6) is -0.479. The van der Waals surface area contributed by atoms with Gasteiger partial charge >= 0.3 is 0 Å². The molecule has 0 heterocycles. The molecule has 1 fully saturated rings. The van der Waals surface area contributed by atoms with E-state index in [9.17, 15) is 9.18 Å². The van der Waals surface area contributed by atoms with E-state index in [4.69, 9.17) is 5.73 Å². The molecule has 1 amide bonds. The number of nitrogens with two attached hydrogens (primary N) is 1. The molecule has 3 atom stereocenters. The van der Waals surface area contributed by atoms with Crippen LogP contribution in [0.2, 0.25) is 0 Å². The van der Waals surface area contributed by atoms with Crippen molar-refractivity contribution in [3.8, 4) is 0 Å². The molecule has 3 unspecified atom stereocenters. The average molecular weight is 278 g/mol. The summed E-state index contributed by atoms with van der Waals surface area (Å²) in [5, 5.41) is 2.91. The molecular weight excluding hydrogens is 255 g/mol. The number of nitrogens with one attached hydrogen (secondary N) is 1. The molecule has 0 aromatic heterocycles. The Hall–Kier alpha value is -1.42. The number of halogens is 1. The molecular formula is C16H23FN2O. The minimum atomic E-state index is -0.334. The third-order valence-corrected chi connectivity index (χ3v) is 4.14. The van der Waals surface area contributed by atoms with Crippen LogP contribution in [0.25, 0.3) is 0 Å². The Morgan fingerprint density at radius 1 is 1.30 bits per heavy atom. The zero-order valence-corrected chi connectivity index (χ0v) is 11.9. The fourth-order valence-electron chi connectivity index (χ4n) is 2.89. The van der Waals surface area contributed by atoms with E-state index in [1.807, 2.05) is 0 Å². The van der Waals surface area contributed by atoms with Crippen molar-refractivity contribution in [3.63, 3.8) is 0 Å². The van der Waals surface area contributed by atoms with E-state index in [0.717, 1.165) is 32.1 Å². The first kappa shape index (κ1) is 15.0. The van der Waals surface area contributed by atoms with Gasteiger partial charge in [-0.05, 0) is 25.8 Å². The van der Waals surface area contributed by atoms with Gasteiger partial charge in [-0.3, -0.25) is 4.79 Å². The third-order valence-electron chi connectivity index (χ3n) is 4.14. The molecule has 0 aliphatic heterocycles. The van der Waals surface area contributed by atoms with Gasteiger partial charge in [-0.15, -0.1) is 0 Å². The molecule has 110 valence electrons. The Kier molecular flexibility index (Phi) is 5.12. The van der Waals surface area contributed by atoms with E-state index in [2.05, 4.69) is 5.32 Å². The van der Waals surface area contributed by atoms with Gasteiger partial charge in [-0.2, -0.15) is 0 Å². The van der Waals surface area contributed by atoms with Crippen LogP contribution in [0.3, 0.4) is 0 Å². The highest BCUT2D eigenvalue weighted by molar-refractivity contribution is 5.79. The number of amides is 1. The molecule has 3 N–H and O–H groups in total. The van der Waals surface area contributed by atoms with Crippen molar-refractivity contribution < 1.29 is 9.18 Å². The lowest BCUT2D eigenvalue weighted by Crippen LogP contribution is -2.42. The number of hydrogen-bond donors (Lipinski definition) is 2. The molecule has 0 bridgehead atoms. The first-order valence-electron chi connectivity index (χ1n) is 7.40. The second-order valence-electron chi connectivity index (χ2n) is 5.66. The van der Waals surface area contributed by atoms with Crippen molar-refractivity contribution in [1.29, 1.82) is 0 Å². The predicted octanol–water partition coefficient (Wildman–Crippen LogP) is 2.91. The second-order valence-corrected chi connectivity index (χ2v) is 5.66. The quantitative estimate of drug-likeness (QED) is 0.835. The topological polar surface area (TPSA) is 55.1 Å². The van der Waals surface area contributed by atoms with E-state index in [-0.39, 0.29) is 29.7 Å². The molecule has 1 aromatic rings. The van der Waals surface area contributed by atoms with Crippen LogP contribution in [0, 0.1) is 11.7 Å². The van der Waals surface area contributed by atoms with Crippen molar-refractivity contribution in [2.24, 2.45) is 11.7 Å². The van der Waals surface area contributed by atoms with Crippen molar-refractivity contribution in [1.82, 2.24) is 5.32 Å². The Morgan fingerprint density at radius 2 is 2.00 bits per heavy atom. The largest absolute Gasteiger partial charge is 0.349 e. The lowest BCUT2D eigenvalue weighted by Gasteiger charge is -2.23. The monoisotopic (exact) mass is 278 g/mol. The molecule has 2 rings (SSSR count). The third kappa shape index (κ3) is 3.57. The van der Waals surface area contributed by atoms with Gasteiger partial charge in [-0.25, -0.2) is 4.39 Å². The number of carbonyl (C=O) groups excluding carboxylic acids is 1. The summed E-state index contributed by atoms with van der Waals surface area (Å²) in [5.41, 5.74) is 6.61. The Morgan fingerprint density at radius 3 is 2.75 bits per heavy atom. The van der Waals surface area contributed by atoms with E-state index >= 15 is 0 Å². The molecule has 0 saturated heterocycles. The SMILES string of the molecule is CC(NC(=O)C1CCCCCC1N)c1ccccc1F. The molecule has 1 aromatic carbocycles. The predicted molar refractivity (Wildman–Crippen MR) is 77.5 cm³/mol. The number of hydrogen-bond acceptors (Lipinski definition) is 2. The van der Waals surface area contributed by atoms with Crippen LogP contribution in [-0.2, 0) is 4.79 Å². The number of benzene rings is 1. The van der Waals surface area contributed by atoms with Crippen LogP contribution in [-0.4, -0.2) is 11.9 Å². The molecule has 0 spiro atoms. The van der Waals surface area contributed by atoms with Gasteiger partial charge in [0, 0.05) is 11.6 Å². The number of carbonyl (C=O) groups is 1. The summed E-state index contributed by atoms with van der Waals surface area (Å²) < 4.78 is 13.7. The van der Waals surface area contributed by atoms with Crippen molar-refractivity contribution in [2.75, 3.05) is 0 Å². The highest BCUT2D eigenvalue weighted by Crippen LogP contribution is 2.24. The van der Waals surface area contributed by atoms with Crippen LogP contribution < -0.4 is 11.1 Å². The van der Waals surface area contributed by atoms with Crippen LogP contribution in [0.5, 0.6) is 0 Å². The van der Waals surface area contributed by atoms with Crippen LogP contribution >= 0.6 is 0 Å². The Bertz CT molecular complexity index is 464. The minimum Gasteiger partial charge on any atom is -0.349 e. The van der Waals surface area contributed by atoms with E-state index in [1.54, 1.807) is 25.1 Å². The summed E-state index contributed by atoms with van der Waals surface area (Å²) in [6.07, 6.45) is 5.00. The molecule has 1 saturated carbocycles. The fourth-order valence-corrected chi connectivity index (χ4v) is 2.89. The van der Waals surface area contributed by atoms with Gasteiger partial charge in [0.2, 0.25) is 5.91 Å². The zero-order valence-electron chi connectivity index (χ0n) is 11.9. The average Bonchev–Trinajstić information content (AvgIpc) is 2.63. The van der Waals surface area contributed by atoms with Crippen LogP contribution in [0.15, 0.2) is 24.3 Å². The van der Waals surface area contributed by atoms with Gasteiger partial charge in [0.25, 0.3) is 0 Å². The summed E-state index contributed by atoms with van der Waals surface area (Å²) in [6, 6.07) is 6.12. The van der Waals surface area contributed by atoms with Crippen molar-refractivity contribution in [3.05, 3.63) is 35.6 Å². The maximum atomic E-state index is 13.7. The maximum absolute atomic E-state index is 13.7. The smallest absolute Gasteiger partial charge is 0.225 e. The van der Waals surface area contributed by atoms with Crippen molar-refractivity contribution >= 4 is 5.91 Å². The summed E-state index contributed by atoms with van der Waals surface area (Å²) >= 11 is 0. The minimum absolute atomic E-state index is 0.0462. The Labute approximate surface area is 119 Å². The summed E-state index contributed by atoms with van der Waals surface area (Å²) in [4.78, 5) is 12.3.